The zero-order chi connectivity index (χ0) is 12.6. The van der Waals surface area contributed by atoms with E-state index < -0.39 is 5.60 Å². The predicted molar refractivity (Wildman–Crippen MR) is 68.5 cm³/mol. The van der Waals surface area contributed by atoms with Crippen LogP contribution in [0.25, 0.3) is 0 Å². The van der Waals surface area contributed by atoms with Crippen LogP contribution in [-0.2, 0) is 9.53 Å². The lowest BCUT2D eigenvalue weighted by Gasteiger charge is -2.24. The van der Waals surface area contributed by atoms with E-state index in [0.29, 0.717) is 12.5 Å². The molecule has 0 aliphatic carbocycles. The van der Waals surface area contributed by atoms with Crippen molar-refractivity contribution in [3.63, 3.8) is 0 Å². The molecule has 0 saturated carbocycles. The number of ether oxygens (including phenoxy) is 1. The highest BCUT2D eigenvalue weighted by molar-refractivity contribution is 5.61. The summed E-state index contributed by atoms with van der Waals surface area (Å²) in [5.74, 6) is 0.501. The number of allylic oxidation sites excluding steroid dienone is 2. The van der Waals surface area contributed by atoms with Gasteiger partial charge in [-0.1, -0.05) is 25.5 Å². The molecule has 94 valence electrons. The molecule has 0 rings (SSSR count). The summed E-state index contributed by atoms with van der Waals surface area (Å²) in [6.45, 7) is 10.9. The van der Waals surface area contributed by atoms with Crippen LogP contribution in [0.1, 0.15) is 53.9 Å². The number of rotatable bonds is 8. The monoisotopic (exact) mass is 226 g/mol. The first-order valence-corrected chi connectivity index (χ1v) is 6.17. The van der Waals surface area contributed by atoms with Gasteiger partial charge in [-0.2, -0.15) is 0 Å². The average Bonchev–Trinajstić information content (AvgIpc) is 2.25. The second kappa shape index (κ2) is 7.61. The standard InChI is InChI=1S/C14H26O2/c1-6-14(5,11-15)16-10-13(4)9-7-8-12(2)3/h8,11,13H,6-7,9-10H2,1-5H3. The smallest absolute Gasteiger partial charge is 0.151 e. The molecule has 2 atom stereocenters. The predicted octanol–water partition coefficient (Wildman–Crippen LogP) is 3.75. The highest BCUT2D eigenvalue weighted by Crippen LogP contribution is 2.16. The van der Waals surface area contributed by atoms with Gasteiger partial charge in [0.2, 0.25) is 0 Å². The van der Waals surface area contributed by atoms with E-state index in [1.807, 2.05) is 13.8 Å². The fourth-order valence-corrected chi connectivity index (χ4v) is 1.29. The van der Waals surface area contributed by atoms with E-state index >= 15 is 0 Å². The van der Waals surface area contributed by atoms with Crippen LogP contribution >= 0.6 is 0 Å². The molecule has 2 unspecified atom stereocenters. The summed E-state index contributed by atoms with van der Waals surface area (Å²) in [6.07, 6.45) is 6.10. The third-order valence-corrected chi connectivity index (χ3v) is 2.86. The van der Waals surface area contributed by atoms with Gasteiger partial charge in [-0.25, -0.2) is 0 Å². The minimum absolute atomic E-state index is 0.501. The van der Waals surface area contributed by atoms with Crippen molar-refractivity contribution in [2.45, 2.75) is 59.5 Å². The van der Waals surface area contributed by atoms with Crippen molar-refractivity contribution in [3.05, 3.63) is 11.6 Å². The van der Waals surface area contributed by atoms with Gasteiger partial charge in [-0.15, -0.1) is 0 Å². The lowest BCUT2D eigenvalue weighted by atomic mass is 10.0. The number of carbonyl (C=O) groups is 1. The summed E-state index contributed by atoms with van der Waals surface area (Å²) >= 11 is 0. The Kier molecular flexibility index (Phi) is 7.31. The van der Waals surface area contributed by atoms with Crippen molar-refractivity contribution in [1.29, 1.82) is 0 Å². The largest absolute Gasteiger partial charge is 0.368 e. The van der Waals surface area contributed by atoms with Crippen molar-refractivity contribution >= 4 is 6.29 Å². The zero-order valence-electron chi connectivity index (χ0n) is 11.4. The number of carbonyl (C=O) groups excluding carboxylic acids is 1. The maximum atomic E-state index is 10.8. The van der Waals surface area contributed by atoms with E-state index in [9.17, 15) is 4.79 Å². The molecule has 0 aromatic heterocycles. The Labute approximate surface area is 100 Å². The number of hydrogen-bond donors (Lipinski definition) is 0. The summed E-state index contributed by atoms with van der Waals surface area (Å²) < 4.78 is 5.66. The second-order valence-electron chi connectivity index (χ2n) is 5.06. The molecule has 2 nitrogen and oxygen atoms in total. The Hall–Kier alpha value is -0.630. The van der Waals surface area contributed by atoms with Crippen LogP contribution in [0.3, 0.4) is 0 Å². The SMILES string of the molecule is CCC(C)(C=O)OCC(C)CCC=C(C)C. The van der Waals surface area contributed by atoms with Gasteiger partial charge < -0.3 is 9.53 Å². The average molecular weight is 226 g/mol. The molecule has 0 aromatic carbocycles. The highest BCUT2D eigenvalue weighted by Gasteiger charge is 2.22. The second-order valence-corrected chi connectivity index (χ2v) is 5.06. The molecule has 0 aliphatic rings. The first-order chi connectivity index (χ1) is 7.43. The van der Waals surface area contributed by atoms with Gasteiger partial charge in [0.25, 0.3) is 0 Å². The molecule has 2 heteroatoms. The fraction of sp³-hybridized carbons (Fsp3) is 0.786. The Morgan fingerprint density at radius 3 is 2.50 bits per heavy atom. The number of hydrogen-bond acceptors (Lipinski definition) is 2. The molecule has 0 aromatic rings. The molecule has 0 radical (unpaired) electrons. The van der Waals surface area contributed by atoms with Gasteiger partial charge in [0.15, 0.2) is 6.29 Å². The topological polar surface area (TPSA) is 26.3 Å². The van der Waals surface area contributed by atoms with Gasteiger partial charge >= 0.3 is 0 Å². The zero-order valence-corrected chi connectivity index (χ0v) is 11.4. The molecule has 0 amide bonds. The molecule has 0 heterocycles. The van der Waals surface area contributed by atoms with E-state index in [0.717, 1.165) is 25.5 Å². The Morgan fingerprint density at radius 2 is 2.06 bits per heavy atom. The Balaban J connectivity index is 3.84. The molecule has 16 heavy (non-hydrogen) atoms. The molecular formula is C14H26O2. The van der Waals surface area contributed by atoms with Crippen molar-refractivity contribution < 1.29 is 9.53 Å². The lowest BCUT2D eigenvalue weighted by Crippen LogP contribution is -2.31. The van der Waals surface area contributed by atoms with Crippen LogP contribution in [0.2, 0.25) is 0 Å². The highest BCUT2D eigenvalue weighted by atomic mass is 16.5. The van der Waals surface area contributed by atoms with Crippen LogP contribution in [0, 0.1) is 5.92 Å². The minimum atomic E-state index is -0.592. The van der Waals surface area contributed by atoms with Crippen molar-refractivity contribution in [2.75, 3.05) is 6.61 Å². The van der Waals surface area contributed by atoms with Crippen LogP contribution < -0.4 is 0 Å². The van der Waals surface area contributed by atoms with Crippen LogP contribution in [-0.4, -0.2) is 18.5 Å². The van der Waals surface area contributed by atoms with E-state index in [1.54, 1.807) is 0 Å². The van der Waals surface area contributed by atoms with Gasteiger partial charge in [-0.3, -0.25) is 0 Å². The maximum Gasteiger partial charge on any atom is 0.151 e. The van der Waals surface area contributed by atoms with Crippen molar-refractivity contribution in [3.8, 4) is 0 Å². The lowest BCUT2D eigenvalue weighted by molar-refractivity contribution is -0.131. The summed E-state index contributed by atoms with van der Waals surface area (Å²) in [5.41, 5.74) is 0.768. The van der Waals surface area contributed by atoms with Crippen LogP contribution in [0.4, 0.5) is 0 Å². The third-order valence-electron chi connectivity index (χ3n) is 2.86. The first-order valence-electron chi connectivity index (χ1n) is 6.17. The molecule has 0 fully saturated rings. The summed E-state index contributed by atoms with van der Waals surface area (Å²) in [6, 6.07) is 0. The molecule has 0 N–H and O–H groups in total. The van der Waals surface area contributed by atoms with E-state index in [4.69, 9.17) is 4.74 Å². The summed E-state index contributed by atoms with van der Waals surface area (Å²) in [5, 5.41) is 0. The summed E-state index contributed by atoms with van der Waals surface area (Å²) in [7, 11) is 0. The van der Waals surface area contributed by atoms with Crippen molar-refractivity contribution in [2.24, 2.45) is 5.92 Å². The van der Waals surface area contributed by atoms with Gasteiger partial charge in [0, 0.05) is 0 Å². The quantitative estimate of drug-likeness (QED) is 0.465. The summed E-state index contributed by atoms with van der Waals surface area (Å²) in [4.78, 5) is 10.8. The van der Waals surface area contributed by atoms with Gasteiger partial charge in [0.1, 0.15) is 5.60 Å². The van der Waals surface area contributed by atoms with E-state index in [-0.39, 0.29) is 0 Å². The van der Waals surface area contributed by atoms with Crippen molar-refractivity contribution in [1.82, 2.24) is 0 Å². The van der Waals surface area contributed by atoms with Gasteiger partial charge in [0.05, 0.1) is 6.61 Å². The number of aldehydes is 1. The maximum absolute atomic E-state index is 10.8. The molecule has 0 spiro atoms. The molecule has 0 bridgehead atoms. The molecule has 0 saturated heterocycles. The van der Waals surface area contributed by atoms with Crippen LogP contribution in [0.5, 0.6) is 0 Å². The molecule has 0 aliphatic heterocycles. The molecular weight excluding hydrogens is 200 g/mol. The third kappa shape index (κ3) is 6.78. The Bertz CT molecular complexity index is 229. The van der Waals surface area contributed by atoms with Crippen LogP contribution in [0.15, 0.2) is 11.6 Å². The minimum Gasteiger partial charge on any atom is -0.368 e. The van der Waals surface area contributed by atoms with E-state index in [1.165, 1.54) is 5.57 Å². The van der Waals surface area contributed by atoms with Gasteiger partial charge in [-0.05, 0) is 46.0 Å². The normalized spacial score (nSPS) is 16.3. The Morgan fingerprint density at radius 1 is 1.44 bits per heavy atom. The first kappa shape index (κ1) is 15.4. The fourth-order valence-electron chi connectivity index (χ4n) is 1.29. The van der Waals surface area contributed by atoms with E-state index in [2.05, 4.69) is 26.8 Å².